The molecule has 1 aliphatic carbocycles. The number of imidazole rings is 1. The second kappa shape index (κ2) is 4.36. The summed E-state index contributed by atoms with van der Waals surface area (Å²) >= 11 is 0. The van der Waals surface area contributed by atoms with Gasteiger partial charge in [0.05, 0.1) is 11.0 Å². The molecule has 0 aliphatic heterocycles. The number of rotatable bonds is 1. The molecule has 4 nitrogen and oxygen atoms in total. The third kappa shape index (κ3) is 1.63. The molecule has 5 rings (SSSR count). The van der Waals surface area contributed by atoms with Crippen LogP contribution in [-0.4, -0.2) is 14.4 Å². The van der Waals surface area contributed by atoms with Crippen molar-refractivity contribution in [1.82, 2.24) is 14.4 Å². The molecule has 2 aromatic carbocycles. The topological polar surface area (TPSA) is 47.3 Å². The second-order valence-electron chi connectivity index (χ2n) is 5.55. The van der Waals surface area contributed by atoms with Crippen LogP contribution >= 0.6 is 0 Å². The van der Waals surface area contributed by atoms with Crippen molar-refractivity contribution in [3.63, 3.8) is 0 Å². The quantitative estimate of drug-likeness (QED) is 0.477. The van der Waals surface area contributed by atoms with E-state index in [1.807, 2.05) is 40.9 Å². The second-order valence-corrected chi connectivity index (χ2v) is 5.55. The van der Waals surface area contributed by atoms with Gasteiger partial charge in [0.1, 0.15) is 0 Å². The van der Waals surface area contributed by atoms with E-state index in [0.29, 0.717) is 5.65 Å². The van der Waals surface area contributed by atoms with Crippen molar-refractivity contribution >= 4 is 11.7 Å². The van der Waals surface area contributed by atoms with E-state index in [1.54, 1.807) is 6.20 Å². The highest BCUT2D eigenvalue weighted by atomic mass is 16.1. The summed E-state index contributed by atoms with van der Waals surface area (Å²) in [6.07, 6.45) is 5.53. The Morgan fingerprint density at radius 1 is 0.913 bits per heavy atom. The highest BCUT2D eigenvalue weighted by Gasteiger charge is 2.20. The van der Waals surface area contributed by atoms with Crippen LogP contribution in [0.2, 0.25) is 0 Å². The van der Waals surface area contributed by atoms with Gasteiger partial charge in [-0.15, -0.1) is 0 Å². The van der Waals surface area contributed by atoms with Crippen LogP contribution in [0, 0.1) is 0 Å². The van der Waals surface area contributed by atoms with Crippen molar-refractivity contribution in [2.75, 3.05) is 0 Å². The van der Waals surface area contributed by atoms with Crippen LogP contribution in [0.15, 0.2) is 65.7 Å². The molecule has 2 aromatic heterocycles. The summed E-state index contributed by atoms with van der Waals surface area (Å²) in [5.74, 6) is 0. The maximum Gasteiger partial charge on any atom is 0.313 e. The van der Waals surface area contributed by atoms with Crippen molar-refractivity contribution in [1.29, 1.82) is 0 Å². The summed E-state index contributed by atoms with van der Waals surface area (Å²) in [7, 11) is 0. The van der Waals surface area contributed by atoms with Gasteiger partial charge in [0.25, 0.3) is 0 Å². The smallest absolute Gasteiger partial charge is 0.293 e. The molecule has 2 heterocycles. The van der Waals surface area contributed by atoms with Gasteiger partial charge in [-0.1, -0.05) is 48.5 Å². The summed E-state index contributed by atoms with van der Waals surface area (Å²) in [6.45, 7) is 0. The highest BCUT2D eigenvalue weighted by Crippen LogP contribution is 2.33. The molecule has 23 heavy (non-hydrogen) atoms. The predicted octanol–water partition coefficient (Wildman–Crippen LogP) is 2.28. The van der Waals surface area contributed by atoms with Gasteiger partial charge in [-0.3, -0.25) is 9.20 Å². The van der Waals surface area contributed by atoms with Crippen molar-refractivity contribution in [2.45, 2.75) is 0 Å². The van der Waals surface area contributed by atoms with Gasteiger partial charge in [-0.25, -0.2) is 9.97 Å². The maximum atomic E-state index is 12.2. The van der Waals surface area contributed by atoms with E-state index in [0.717, 1.165) is 33.3 Å². The van der Waals surface area contributed by atoms with Crippen LogP contribution in [0.5, 0.6) is 0 Å². The SMILES string of the molecule is O=c1nc2c(n3ccnc13)=Cc1c(-c3ccccc3)cccc1-2. The standard InChI is InChI=1S/C19H11N3O/c23-19-18-20-9-10-22(18)16-11-15-13(12-5-2-1-3-6-12)7-4-8-14(15)17(16)21-19/h1-11H. The molecule has 0 atom stereocenters. The average molecular weight is 297 g/mol. The fraction of sp³-hybridized carbons (Fsp3) is 0. The molecule has 0 unspecified atom stereocenters. The molecule has 0 saturated heterocycles. The summed E-state index contributed by atoms with van der Waals surface area (Å²) in [5.41, 5.74) is 5.19. The molecule has 108 valence electrons. The first-order valence-corrected chi connectivity index (χ1v) is 7.40. The number of benzene rings is 2. The third-order valence-electron chi connectivity index (χ3n) is 4.27. The van der Waals surface area contributed by atoms with Gasteiger partial charge < -0.3 is 0 Å². The molecule has 1 aliphatic rings. The molecular weight excluding hydrogens is 286 g/mol. The lowest BCUT2D eigenvalue weighted by molar-refractivity contribution is 1.06. The van der Waals surface area contributed by atoms with Gasteiger partial charge in [0.15, 0.2) is 0 Å². The minimum absolute atomic E-state index is 0.292. The van der Waals surface area contributed by atoms with Crippen LogP contribution in [-0.2, 0) is 0 Å². The summed E-state index contributed by atoms with van der Waals surface area (Å²) < 4.78 is 1.82. The minimum atomic E-state index is -0.292. The zero-order chi connectivity index (χ0) is 15.4. The summed E-state index contributed by atoms with van der Waals surface area (Å²) in [5, 5.41) is 0.912. The van der Waals surface area contributed by atoms with Crippen LogP contribution in [0.25, 0.3) is 34.1 Å². The molecule has 0 N–H and O–H groups in total. The first-order valence-electron chi connectivity index (χ1n) is 7.40. The van der Waals surface area contributed by atoms with E-state index < -0.39 is 0 Å². The van der Waals surface area contributed by atoms with E-state index in [2.05, 4.69) is 34.2 Å². The Morgan fingerprint density at radius 3 is 2.61 bits per heavy atom. The van der Waals surface area contributed by atoms with E-state index in [-0.39, 0.29) is 5.56 Å². The molecule has 0 saturated carbocycles. The summed E-state index contributed by atoms with van der Waals surface area (Å²) in [6, 6.07) is 16.4. The average Bonchev–Trinajstić information content (AvgIpc) is 3.20. The lowest BCUT2D eigenvalue weighted by Crippen LogP contribution is -2.23. The van der Waals surface area contributed by atoms with Crippen molar-refractivity contribution < 1.29 is 0 Å². The monoisotopic (exact) mass is 297 g/mol. The Bertz CT molecular complexity index is 1180. The number of fused-ring (bicyclic) bond motifs is 5. The largest absolute Gasteiger partial charge is 0.313 e. The molecule has 4 aromatic rings. The molecule has 4 heteroatoms. The lowest BCUT2D eigenvalue weighted by Gasteiger charge is -2.07. The fourth-order valence-corrected chi connectivity index (χ4v) is 3.25. The molecule has 0 spiro atoms. The Morgan fingerprint density at radius 2 is 1.74 bits per heavy atom. The van der Waals surface area contributed by atoms with E-state index in [1.165, 1.54) is 0 Å². The predicted molar refractivity (Wildman–Crippen MR) is 88.9 cm³/mol. The minimum Gasteiger partial charge on any atom is -0.293 e. The van der Waals surface area contributed by atoms with Crippen LogP contribution in [0.1, 0.15) is 5.56 Å². The third-order valence-corrected chi connectivity index (χ3v) is 4.27. The molecule has 0 bridgehead atoms. The van der Waals surface area contributed by atoms with Crippen molar-refractivity contribution in [3.8, 4) is 22.4 Å². The zero-order valence-corrected chi connectivity index (χ0v) is 12.1. The van der Waals surface area contributed by atoms with Crippen molar-refractivity contribution in [2.24, 2.45) is 0 Å². The van der Waals surface area contributed by atoms with Crippen LogP contribution in [0.4, 0.5) is 0 Å². The van der Waals surface area contributed by atoms with Crippen molar-refractivity contribution in [3.05, 3.63) is 82.2 Å². The number of hydrogen-bond donors (Lipinski definition) is 0. The first kappa shape index (κ1) is 12.3. The Hall–Kier alpha value is -3.27. The van der Waals surface area contributed by atoms with Gasteiger partial charge in [0, 0.05) is 18.0 Å². The molecular formula is C19H11N3O. The Labute approximate surface area is 131 Å². The van der Waals surface area contributed by atoms with Gasteiger partial charge in [0.2, 0.25) is 5.65 Å². The van der Waals surface area contributed by atoms with Crippen LogP contribution < -0.4 is 10.9 Å². The van der Waals surface area contributed by atoms with E-state index in [4.69, 9.17) is 0 Å². The van der Waals surface area contributed by atoms with E-state index >= 15 is 0 Å². The number of nitrogens with zero attached hydrogens (tertiary/aromatic N) is 3. The van der Waals surface area contributed by atoms with Gasteiger partial charge in [-0.05, 0) is 22.8 Å². The number of aromatic nitrogens is 3. The molecule has 0 amide bonds. The summed E-state index contributed by atoms with van der Waals surface area (Å²) in [4.78, 5) is 20.5. The van der Waals surface area contributed by atoms with Gasteiger partial charge in [-0.2, -0.15) is 0 Å². The van der Waals surface area contributed by atoms with E-state index in [9.17, 15) is 4.79 Å². The van der Waals surface area contributed by atoms with Crippen LogP contribution in [0.3, 0.4) is 0 Å². The number of hydrogen-bond acceptors (Lipinski definition) is 3. The van der Waals surface area contributed by atoms with Gasteiger partial charge >= 0.3 is 5.56 Å². The lowest BCUT2D eigenvalue weighted by atomic mass is 9.97. The molecule has 0 radical (unpaired) electrons. The normalized spacial score (nSPS) is 12.0. The maximum absolute atomic E-state index is 12.2. The molecule has 0 fully saturated rings. The zero-order valence-electron chi connectivity index (χ0n) is 12.1. The highest BCUT2D eigenvalue weighted by molar-refractivity contribution is 5.89. The Balaban J connectivity index is 1.90. The first-order chi connectivity index (χ1) is 11.3. The fourth-order valence-electron chi connectivity index (χ4n) is 3.25. The Kier molecular flexibility index (Phi) is 2.33.